The van der Waals surface area contributed by atoms with E-state index in [-0.39, 0.29) is 0 Å². The fourth-order valence-electron chi connectivity index (χ4n) is 2.30. The third kappa shape index (κ3) is 3.08. The Hall–Kier alpha value is -3.28. The van der Waals surface area contributed by atoms with Gasteiger partial charge in [0, 0.05) is 5.69 Å². The predicted octanol–water partition coefficient (Wildman–Crippen LogP) is 3.41. The molecular weight excluding hydrogens is 306 g/mol. The number of anilines is 2. The highest BCUT2D eigenvalue weighted by Gasteiger charge is 2.19. The third-order valence-electron chi connectivity index (χ3n) is 3.53. The van der Waals surface area contributed by atoms with Crippen molar-refractivity contribution in [2.24, 2.45) is 0 Å². The standard InChI is InChI=1S/C18H17N3O3/c1-23-15-10-8-13(9-11-15)20-17-16(18(22)24-2)12-19-21(17)14-6-4-3-5-7-14/h3-12,20H,1-2H3. The lowest BCUT2D eigenvalue weighted by atomic mass is 10.2. The highest BCUT2D eigenvalue weighted by molar-refractivity contribution is 5.95. The number of carbonyl (C=O) groups is 1. The number of methoxy groups -OCH3 is 2. The lowest BCUT2D eigenvalue weighted by Gasteiger charge is -2.12. The number of hydrogen-bond acceptors (Lipinski definition) is 5. The number of nitrogens with zero attached hydrogens (tertiary/aromatic N) is 2. The maximum atomic E-state index is 12.0. The Morgan fingerprint density at radius 3 is 2.38 bits per heavy atom. The molecule has 0 aliphatic heterocycles. The minimum Gasteiger partial charge on any atom is -0.497 e. The number of aromatic nitrogens is 2. The number of rotatable bonds is 5. The second-order valence-electron chi connectivity index (χ2n) is 5.00. The zero-order valence-corrected chi connectivity index (χ0v) is 13.4. The van der Waals surface area contributed by atoms with Crippen LogP contribution in [0.15, 0.2) is 60.8 Å². The summed E-state index contributed by atoms with van der Waals surface area (Å²) < 4.78 is 11.7. The van der Waals surface area contributed by atoms with Crippen LogP contribution in [0.3, 0.4) is 0 Å². The molecule has 24 heavy (non-hydrogen) atoms. The summed E-state index contributed by atoms with van der Waals surface area (Å²) in [6.07, 6.45) is 1.49. The van der Waals surface area contributed by atoms with Gasteiger partial charge in [0.15, 0.2) is 0 Å². The zero-order chi connectivity index (χ0) is 16.9. The van der Waals surface area contributed by atoms with E-state index in [9.17, 15) is 4.79 Å². The third-order valence-corrected chi connectivity index (χ3v) is 3.53. The van der Waals surface area contributed by atoms with Crippen LogP contribution in [0.2, 0.25) is 0 Å². The van der Waals surface area contributed by atoms with Gasteiger partial charge in [0.2, 0.25) is 0 Å². The summed E-state index contributed by atoms with van der Waals surface area (Å²) in [6, 6.07) is 17.0. The summed E-state index contributed by atoms with van der Waals surface area (Å²) in [5, 5.41) is 7.54. The van der Waals surface area contributed by atoms with Crippen molar-refractivity contribution in [3.8, 4) is 11.4 Å². The molecule has 0 atom stereocenters. The number of ether oxygens (including phenoxy) is 2. The SMILES string of the molecule is COC(=O)c1cnn(-c2ccccc2)c1Nc1ccc(OC)cc1. The first-order chi connectivity index (χ1) is 11.7. The van der Waals surface area contributed by atoms with Gasteiger partial charge in [0.1, 0.15) is 17.1 Å². The lowest BCUT2D eigenvalue weighted by molar-refractivity contribution is 0.0602. The van der Waals surface area contributed by atoms with Crippen molar-refractivity contribution in [3.63, 3.8) is 0 Å². The van der Waals surface area contributed by atoms with Crippen LogP contribution in [0, 0.1) is 0 Å². The Morgan fingerprint density at radius 2 is 1.75 bits per heavy atom. The molecule has 0 aliphatic rings. The quantitative estimate of drug-likeness (QED) is 0.729. The van der Waals surface area contributed by atoms with Crippen molar-refractivity contribution in [2.75, 3.05) is 19.5 Å². The van der Waals surface area contributed by atoms with Crippen LogP contribution in [0.4, 0.5) is 11.5 Å². The minimum absolute atomic E-state index is 0.358. The summed E-state index contributed by atoms with van der Waals surface area (Å²) >= 11 is 0. The van der Waals surface area contributed by atoms with Gasteiger partial charge in [-0.05, 0) is 36.4 Å². The van der Waals surface area contributed by atoms with Crippen molar-refractivity contribution in [1.82, 2.24) is 9.78 Å². The van der Waals surface area contributed by atoms with Gasteiger partial charge in [-0.2, -0.15) is 5.10 Å². The Kier molecular flexibility index (Phi) is 4.47. The predicted molar refractivity (Wildman–Crippen MR) is 91.2 cm³/mol. The molecule has 0 radical (unpaired) electrons. The Bertz CT molecular complexity index is 826. The Labute approximate surface area is 139 Å². The highest BCUT2D eigenvalue weighted by atomic mass is 16.5. The number of nitrogens with one attached hydrogen (secondary N) is 1. The van der Waals surface area contributed by atoms with Gasteiger partial charge in [-0.3, -0.25) is 0 Å². The van der Waals surface area contributed by atoms with Gasteiger partial charge in [0.05, 0.1) is 26.1 Å². The molecule has 1 aromatic heterocycles. The van der Waals surface area contributed by atoms with Crippen LogP contribution in [0.25, 0.3) is 5.69 Å². The molecule has 1 N–H and O–H groups in total. The molecule has 0 saturated heterocycles. The van der Waals surface area contributed by atoms with E-state index in [1.165, 1.54) is 13.3 Å². The first-order valence-electron chi connectivity index (χ1n) is 7.36. The average molecular weight is 323 g/mol. The largest absolute Gasteiger partial charge is 0.497 e. The molecule has 3 rings (SSSR count). The van der Waals surface area contributed by atoms with Gasteiger partial charge in [0.25, 0.3) is 0 Å². The van der Waals surface area contributed by atoms with Crippen LogP contribution in [0.1, 0.15) is 10.4 Å². The normalized spacial score (nSPS) is 10.2. The fourth-order valence-corrected chi connectivity index (χ4v) is 2.30. The molecular formula is C18H17N3O3. The van der Waals surface area contributed by atoms with E-state index in [4.69, 9.17) is 9.47 Å². The molecule has 6 heteroatoms. The van der Waals surface area contributed by atoms with Crippen LogP contribution >= 0.6 is 0 Å². The smallest absolute Gasteiger partial charge is 0.343 e. The van der Waals surface area contributed by atoms with E-state index in [1.54, 1.807) is 11.8 Å². The van der Waals surface area contributed by atoms with Gasteiger partial charge >= 0.3 is 5.97 Å². The Balaban J connectivity index is 2.02. The molecule has 0 unspecified atom stereocenters. The van der Waals surface area contributed by atoms with Gasteiger partial charge < -0.3 is 14.8 Å². The van der Waals surface area contributed by atoms with E-state index in [1.807, 2.05) is 54.6 Å². The van der Waals surface area contributed by atoms with E-state index in [0.29, 0.717) is 11.4 Å². The van der Waals surface area contributed by atoms with Crippen molar-refractivity contribution >= 4 is 17.5 Å². The van der Waals surface area contributed by atoms with Gasteiger partial charge in [-0.15, -0.1) is 0 Å². The molecule has 122 valence electrons. The van der Waals surface area contributed by atoms with Crippen molar-refractivity contribution in [3.05, 3.63) is 66.4 Å². The van der Waals surface area contributed by atoms with Gasteiger partial charge in [-0.1, -0.05) is 18.2 Å². The number of benzene rings is 2. The molecule has 6 nitrogen and oxygen atoms in total. The number of hydrogen-bond donors (Lipinski definition) is 1. The van der Waals surface area contributed by atoms with Crippen molar-refractivity contribution < 1.29 is 14.3 Å². The minimum atomic E-state index is -0.451. The lowest BCUT2D eigenvalue weighted by Crippen LogP contribution is -2.07. The first kappa shape index (κ1) is 15.6. The average Bonchev–Trinajstić information content (AvgIpc) is 3.06. The molecule has 0 fully saturated rings. The van der Waals surface area contributed by atoms with E-state index in [2.05, 4.69) is 10.4 Å². The number of carbonyl (C=O) groups excluding carboxylic acids is 1. The molecule has 0 aliphatic carbocycles. The molecule has 1 heterocycles. The summed E-state index contributed by atoms with van der Waals surface area (Å²) in [6.45, 7) is 0. The second kappa shape index (κ2) is 6.87. The zero-order valence-electron chi connectivity index (χ0n) is 13.4. The summed E-state index contributed by atoms with van der Waals surface area (Å²) in [5.74, 6) is 0.844. The number of esters is 1. The first-order valence-corrected chi connectivity index (χ1v) is 7.36. The Morgan fingerprint density at radius 1 is 1.04 bits per heavy atom. The maximum Gasteiger partial charge on any atom is 0.343 e. The molecule has 0 spiro atoms. The second-order valence-corrected chi connectivity index (χ2v) is 5.00. The van der Waals surface area contributed by atoms with Crippen molar-refractivity contribution in [1.29, 1.82) is 0 Å². The molecule has 0 amide bonds. The van der Waals surface area contributed by atoms with E-state index in [0.717, 1.165) is 17.1 Å². The molecule has 0 saturated carbocycles. The van der Waals surface area contributed by atoms with Crippen LogP contribution in [0.5, 0.6) is 5.75 Å². The van der Waals surface area contributed by atoms with Crippen LogP contribution < -0.4 is 10.1 Å². The topological polar surface area (TPSA) is 65.4 Å². The van der Waals surface area contributed by atoms with Crippen LogP contribution in [-0.2, 0) is 4.74 Å². The molecule has 0 bridgehead atoms. The van der Waals surface area contributed by atoms with Crippen molar-refractivity contribution in [2.45, 2.75) is 0 Å². The fraction of sp³-hybridized carbons (Fsp3) is 0.111. The summed E-state index contributed by atoms with van der Waals surface area (Å²) in [5.41, 5.74) is 2.00. The molecule has 2 aromatic carbocycles. The van der Waals surface area contributed by atoms with E-state index >= 15 is 0 Å². The number of para-hydroxylation sites is 1. The monoisotopic (exact) mass is 323 g/mol. The maximum absolute atomic E-state index is 12.0. The summed E-state index contributed by atoms with van der Waals surface area (Å²) in [4.78, 5) is 12.0. The molecule has 3 aromatic rings. The van der Waals surface area contributed by atoms with E-state index < -0.39 is 5.97 Å². The summed E-state index contributed by atoms with van der Waals surface area (Å²) in [7, 11) is 2.96. The van der Waals surface area contributed by atoms with Crippen LogP contribution in [-0.4, -0.2) is 30.0 Å². The van der Waals surface area contributed by atoms with Gasteiger partial charge in [-0.25, -0.2) is 9.48 Å². The highest BCUT2D eigenvalue weighted by Crippen LogP contribution is 2.26.